The van der Waals surface area contributed by atoms with Gasteiger partial charge in [0.1, 0.15) is 0 Å². The van der Waals surface area contributed by atoms with Crippen LogP contribution in [0.25, 0.3) is 0 Å². The molecule has 174 valence electrons. The summed E-state index contributed by atoms with van der Waals surface area (Å²) in [6, 6.07) is 0. The Hall–Kier alpha value is 1.02. The number of rotatable bonds is 23. The van der Waals surface area contributed by atoms with E-state index in [-0.39, 0.29) is 57.1 Å². The predicted molar refractivity (Wildman–Crippen MR) is 120 cm³/mol. The van der Waals surface area contributed by atoms with Crippen molar-refractivity contribution in [1.29, 1.82) is 0 Å². The third kappa shape index (κ3) is 27.1. The molecule has 0 aliphatic rings. The van der Waals surface area contributed by atoms with E-state index in [1.54, 1.807) is 0 Å². The number of nitrogens with one attached hydrogen (secondary N) is 1. The van der Waals surface area contributed by atoms with Crippen molar-refractivity contribution in [3.63, 3.8) is 0 Å². The van der Waals surface area contributed by atoms with Gasteiger partial charge in [0, 0.05) is 0 Å². The van der Waals surface area contributed by atoms with E-state index >= 15 is 0 Å². The van der Waals surface area contributed by atoms with Crippen LogP contribution < -0.4 is 61.2 Å². The van der Waals surface area contributed by atoms with Gasteiger partial charge < -0.3 is 9.90 Å². The molecule has 0 rings (SSSR count). The molecule has 0 bridgehead atoms. The smallest absolute Gasteiger partial charge is 0.549 e. The Morgan fingerprint density at radius 2 is 0.933 bits per heavy atom. The predicted octanol–water partition coefficient (Wildman–Crippen LogP) is 2.09. The normalized spacial score (nSPS) is 11.4. The Balaban J connectivity index is 0. The fourth-order valence-electron chi connectivity index (χ4n) is 3.61. The molecule has 1 N–H and O–H groups in total. The fourth-order valence-corrected chi connectivity index (χ4v) is 4.68. The SMILES string of the molecule is CCCCCCCCCCCCCCCCCCCCCS(=O)(=O)NCC(=O)[O-].[K+]. The van der Waals surface area contributed by atoms with Crippen LogP contribution in [0.15, 0.2) is 0 Å². The number of aliphatic carboxylic acids is 1. The van der Waals surface area contributed by atoms with Crippen LogP contribution in [-0.4, -0.2) is 26.7 Å². The Labute approximate surface area is 229 Å². The number of sulfonamides is 1. The van der Waals surface area contributed by atoms with Crippen molar-refractivity contribution in [2.75, 3.05) is 12.3 Å². The molecule has 0 aliphatic heterocycles. The zero-order valence-electron chi connectivity index (χ0n) is 19.9. The summed E-state index contributed by atoms with van der Waals surface area (Å²) in [7, 11) is -3.47. The molecule has 0 amide bonds. The minimum atomic E-state index is -3.47. The third-order valence-electron chi connectivity index (χ3n) is 5.45. The number of unbranched alkanes of at least 4 members (excludes halogenated alkanes) is 18. The van der Waals surface area contributed by atoms with Gasteiger partial charge in [-0.15, -0.1) is 0 Å². The van der Waals surface area contributed by atoms with Gasteiger partial charge in [0.05, 0.1) is 18.3 Å². The Kier molecular flexibility index (Phi) is 27.3. The summed E-state index contributed by atoms with van der Waals surface area (Å²) >= 11 is 0. The summed E-state index contributed by atoms with van der Waals surface area (Å²) in [5.41, 5.74) is 0. The van der Waals surface area contributed by atoms with Crippen LogP contribution in [0.2, 0.25) is 0 Å². The van der Waals surface area contributed by atoms with Crippen molar-refractivity contribution in [3.05, 3.63) is 0 Å². The summed E-state index contributed by atoms with van der Waals surface area (Å²) < 4.78 is 25.1. The Morgan fingerprint density at radius 3 is 1.23 bits per heavy atom. The standard InChI is InChI=1S/C23H47NO4S.K/c1-2-3-4-5-6-7-8-9-10-11-12-13-14-15-16-17-18-19-20-21-29(27,28)24-22-23(25)26;/h24H,2-22H2,1H3,(H,25,26);/q;+1/p-1. The summed E-state index contributed by atoms with van der Waals surface area (Å²) in [6.07, 6.45) is 24.3. The number of carbonyl (C=O) groups is 1. The van der Waals surface area contributed by atoms with Crippen LogP contribution in [0.4, 0.5) is 0 Å². The van der Waals surface area contributed by atoms with Gasteiger partial charge in [-0.05, 0) is 6.42 Å². The minimum absolute atomic E-state index is 0. The second kappa shape index (κ2) is 24.7. The van der Waals surface area contributed by atoms with Crippen LogP contribution in [0.3, 0.4) is 0 Å². The summed E-state index contributed by atoms with van der Waals surface area (Å²) in [5.74, 6) is -1.40. The summed E-state index contributed by atoms with van der Waals surface area (Å²) in [5, 5.41) is 10.3. The number of carboxylic acid groups (broad SMARTS) is 1. The summed E-state index contributed by atoms with van der Waals surface area (Å²) in [4.78, 5) is 10.3. The molecule has 0 saturated carbocycles. The van der Waals surface area contributed by atoms with E-state index in [0.29, 0.717) is 6.42 Å². The molecule has 0 atom stereocenters. The Morgan fingerprint density at radius 1 is 0.633 bits per heavy atom. The maximum absolute atomic E-state index is 11.5. The van der Waals surface area contributed by atoms with Crippen molar-refractivity contribution in [2.45, 2.75) is 129 Å². The maximum Gasteiger partial charge on any atom is 1.00 e. The first-order valence-electron chi connectivity index (χ1n) is 12.1. The number of hydrogen-bond donors (Lipinski definition) is 1. The zero-order valence-corrected chi connectivity index (χ0v) is 23.8. The number of hydrogen-bond acceptors (Lipinski definition) is 4. The molecule has 0 unspecified atom stereocenters. The first-order chi connectivity index (χ1) is 14.0. The van der Waals surface area contributed by atoms with E-state index < -0.39 is 22.5 Å². The van der Waals surface area contributed by atoms with Crippen LogP contribution in [0, 0.1) is 0 Å². The van der Waals surface area contributed by atoms with Gasteiger partial charge in [-0.1, -0.05) is 122 Å². The first-order valence-corrected chi connectivity index (χ1v) is 13.8. The number of carboxylic acids is 1. The summed E-state index contributed by atoms with van der Waals surface area (Å²) in [6.45, 7) is 1.63. The molecular formula is C23H46KNO4S. The third-order valence-corrected chi connectivity index (χ3v) is 6.86. The molecule has 5 nitrogen and oxygen atoms in total. The molecule has 7 heteroatoms. The van der Waals surface area contributed by atoms with E-state index in [1.165, 1.54) is 96.3 Å². The van der Waals surface area contributed by atoms with Crippen molar-refractivity contribution in [1.82, 2.24) is 4.72 Å². The molecule has 0 fully saturated rings. The minimum Gasteiger partial charge on any atom is -0.549 e. The van der Waals surface area contributed by atoms with Gasteiger partial charge in [0.2, 0.25) is 10.0 Å². The quantitative estimate of drug-likeness (QED) is 0.183. The second-order valence-corrected chi connectivity index (χ2v) is 10.3. The topological polar surface area (TPSA) is 86.3 Å². The molecule has 0 aromatic rings. The van der Waals surface area contributed by atoms with E-state index in [9.17, 15) is 18.3 Å². The maximum atomic E-state index is 11.5. The van der Waals surface area contributed by atoms with Crippen LogP contribution >= 0.6 is 0 Å². The fraction of sp³-hybridized carbons (Fsp3) is 0.957. The van der Waals surface area contributed by atoms with E-state index in [4.69, 9.17) is 0 Å². The van der Waals surface area contributed by atoms with Crippen molar-refractivity contribution in [3.8, 4) is 0 Å². The van der Waals surface area contributed by atoms with Crippen molar-refractivity contribution in [2.24, 2.45) is 0 Å². The molecule has 0 aromatic heterocycles. The van der Waals surface area contributed by atoms with Gasteiger partial charge in [0.15, 0.2) is 0 Å². The molecular weight excluding hydrogens is 425 g/mol. The average Bonchev–Trinajstić information content (AvgIpc) is 2.68. The molecule has 0 aromatic carbocycles. The monoisotopic (exact) mass is 471 g/mol. The second-order valence-electron chi connectivity index (χ2n) is 8.38. The largest absolute Gasteiger partial charge is 1.00 e. The molecule has 0 aliphatic carbocycles. The van der Waals surface area contributed by atoms with Crippen LogP contribution in [0.5, 0.6) is 0 Å². The molecule has 0 heterocycles. The molecule has 0 radical (unpaired) electrons. The average molecular weight is 472 g/mol. The van der Waals surface area contributed by atoms with E-state index in [1.807, 2.05) is 4.72 Å². The molecule has 0 saturated heterocycles. The molecule has 30 heavy (non-hydrogen) atoms. The van der Waals surface area contributed by atoms with Gasteiger partial charge in [-0.3, -0.25) is 0 Å². The van der Waals surface area contributed by atoms with Gasteiger partial charge in [-0.25, -0.2) is 13.1 Å². The van der Waals surface area contributed by atoms with Crippen LogP contribution in [-0.2, 0) is 14.8 Å². The zero-order chi connectivity index (χ0) is 21.6. The van der Waals surface area contributed by atoms with Crippen molar-refractivity contribution < 1.29 is 69.7 Å². The van der Waals surface area contributed by atoms with Gasteiger partial charge in [0.25, 0.3) is 0 Å². The van der Waals surface area contributed by atoms with Crippen LogP contribution in [0.1, 0.15) is 129 Å². The Bertz CT molecular complexity index is 472. The van der Waals surface area contributed by atoms with E-state index in [0.717, 1.165) is 19.3 Å². The molecule has 0 spiro atoms. The van der Waals surface area contributed by atoms with E-state index in [2.05, 4.69) is 6.92 Å². The van der Waals surface area contributed by atoms with Gasteiger partial charge in [-0.2, -0.15) is 0 Å². The van der Waals surface area contributed by atoms with Gasteiger partial charge >= 0.3 is 51.4 Å². The van der Waals surface area contributed by atoms with Crippen molar-refractivity contribution >= 4 is 16.0 Å². The number of carbonyl (C=O) groups excluding carboxylic acids is 1. The first kappa shape index (κ1) is 33.2.